The third-order valence-corrected chi connectivity index (χ3v) is 6.56. The quantitative estimate of drug-likeness (QED) is 0.443. The minimum Gasteiger partial charge on any atom is -0.391 e. The van der Waals surface area contributed by atoms with Gasteiger partial charge in [0, 0.05) is 25.1 Å². The zero-order chi connectivity index (χ0) is 23.4. The van der Waals surface area contributed by atoms with Gasteiger partial charge in [-0.15, -0.1) is 0 Å². The molecule has 1 heterocycles. The van der Waals surface area contributed by atoms with Gasteiger partial charge in [0.1, 0.15) is 17.5 Å². The Kier molecular flexibility index (Phi) is 7.50. The largest absolute Gasteiger partial charge is 0.391 e. The lowest BCUT2D eigenvalue weighted by Crippen LogP contribution is -2.36. The average molecular weight is 455 g/mol. The van der Waals surface area contributed by atoms with Gasteiger partial charge in [0.25, 0.3) is 0 Å². The molecule has 0 saturated heterocycles. The van der Waals surface area contributed by atoms with Gasteiger partial charge in [-0.25, -0.2) is 13.8 Å². The number of hydrogen-bond acceptors (Lipinski definition) is 4. The molecule has 2 aromatic carbocycles. The maximum atomic E-state index is 13.8. The van der Waals surface area contributed by atoms with Crippen LogP contribution in [0.1, 0.15) is 72.6 Å². The Morgan fingerprint density at radius 3 is 2.58 bits per heavy atom. The summed E-state index contributed by atoms with van der Waals surface area (Å²) in [5.41, 5.74) is 4.44. The van der Waals surface area contributed by atoms with Crippen molar-refractivity contribution >= 4 is 0 Å². The van der Waals surface area contributed by atoms with E-state index >= 15 is 0 Å². The van der Waals surface area contributed by atoms with E-state index in [1.807, 2.05) is 6.92 Å². The lowest BCUT2D eigenvalue weighted by molar-refractivity contribution is 0.131. The van der Waals surface area contributed by atoms with Crippen molar-refractivity contribution in [1.29, 1.82) is 0 Å². The molecule has 1 aromatic heterocycles. The SMILES string of the molecule is CCc1ccc2c(c1)C(NCC(O)C(Cc1cc(F)cc(F)c1)c1n[nH]c(CC)n1)CCC2. The number of benzene rings is 2. The van der Waals surface area contributed by atoms with Gasteiger partial charge in [-0.05, 0) is 66.5 Å². The summed E-state index contributed by atoms with van der Waals surface area (Å²) >= 11 is 0. The van der Waals surface area contributed by atoms with Gasteiger partial charge in [-0.1, -0.05) is 32.0 Å². The van der Waals surface area contributed by atoms with Gasteiger partial charge in [0.2, 0.25) is 0 Å². The second-order valence-corrected chi connectivity index (χ2v) is 8.89. The number of nitrogens with zero attached hydrogens (tertiary/aromatic N) is 2. The van der Waals surface area contributed by atoms with Gasteiger partial charge < -0.3 is 10.4 Å². The van der Waals surface area contributed by atoms with Crippen LogP contribution in [0.3, 0.4) is 0 Å². The van der Waals surface area contributed by atoms with Gasteiger partial charge in [0.05, 0.1) is 12.0 Å². The van der Waals surface area contributed by atoms with Crippen LogP contribution in [0.15, 0.2) is 36.4 Å². The summed E-state index contributed by atoms with van der Waals surface area (Å²) in [6.07, 6.45) is 4.26. The van der Waals surface area contributed by atoms with Gasteiger partial charge in [-0.2, -0.15) is 5.10 Å². The molecule has 176 valence electrons. The predicted octanol–water partition coefficient (Wildman–Crippen LogP) is 4.56. The normalized spacial score (nSPS) is 17.5. The number of rotatable bonds is 9. The maximum absolute atomic E-state index is 13.8. The minimum absolute atomic E-state index is 0.167. The molecular formula is C26H32F2N4O. The number of aliphatic hydroxyl groups excluding tert-OH is 1. The van der Waals surface area contributed by atoms with Crippen LogP contribution in [0, 0.1) is 11.6 Å². The highest BCUT2D eigenvalue weighted by atomic mass is 19.1. The lowest BCUT2D eigenvalue weighted by atomic mass is 9.85. The van der Waals surface area contributed by atoms with Crippen LogP contribution < -0.4 is 5.32 Å². The van der Waals surface area contributed by atoms with E-state index in [0.29, 0.717) is 30.2 Å². The molecule has 3 aromatic rings. The van der Waals surface area contributed by atoms with E-state index < -0.39 is 23.7 Å². The van der Waals surface area contributed by atoms with Crippen molar-refractivity contribution in [3.05, 3.63) is 81.9 Å². The Balaban J connectivity index is 1.53. The van der Waals surface area contributed by atoms with Gasteiger partial charge in [0.15, 0.2) is 5.82 Å². The van der Waals surface area contributed by atoms with Crippen LogP contribution in [0.4, 0.5) is 8.78 Å². The van der Waals surface area contributed by atoms with E-state index in [1.54, 1.807) is 0 Å². The van der Waals surface area contributed by atoms with E-state index in [4.69, 9.17) is 0 Å². The van der Waals surface area contributed by atoms with Crippen molar-refractivity contribution < 1.29 is 13.9 Å². The molecule has 4 rings (SSSR count). The third-order valence-electron chi connectivity index (χ3n) is 6.56. The molecule has 0 bridgehead atoms. The van der Waals surface area contributed by atoms with Crippen LogP contribution in [-0.2, 0) is 25.7 Å². The molecule has 0 spiro atoms. The summed E-state index contributed by atoms with van der Waals surface area (Å²) in [7, 11) is 0. The van der Waals surface area contributed by atoms with Crippen molar-refractivity contribution in [1.82, 2.24) is 20.5 Å². The summed E-state index contributed by atoms with van der Waals surface area (Å²) < 4.78 is 27.6. The first-order valence-corrected chi connectivity index (χ1v) is 11.9. The van der Waals surface area contributed by atoms with E-state index in [0.717, 1.165) is 31.7 Å². The standard InChI is InChI=1S/C26H32F2N4O/c1-3-16-8-9-18-6-5-7-23(21(18)12-16)29-15-24(33)22(26-30-25(4-2)31-32-26)13-17-10-19(27)14-20(28)11-17/h8-12,14,22-24,29,33H,3-7,13,15H2,1-2H3,(H,30,31,32). The number of aromatic nitrogens is 3. The summed E-state index contributed by atoms with van der Waals surface area (Å²) in [6.45, 7) is 4.45. The third kappa shape index (κ3) is 5.65. The number of nitrogens with one attached hydrogen (secondary N) is 2. The fourth-order valence-electron chi connectivity index (χ4n) is 4.70. The molecule has 3 unspecified atom stereocenters. The summed E-state index contributed by atoms with van der Waals surface area (Å²) in [6, 6.07) is 10.3. The topological polar surface area (TPSA) is 73.8 Å². The number of aliphatic hydroxyl groups is 1. The molecule has 0 amide bonds. The highest BCUT2D eigenvalue weighted by Gasteiger charge is 2.28. The molecule has 3 N–H and O–H groups in total. The van der Waals surface area contributed by atoms with E-state index in [9.17, 15) is 13.9 Å². The Bertz CT molecular complexity index is 1060. The first kappa shape index (κ1) is 23.5. The Morgan fingerprint density at radius 1 is 1.09 bits per heavy atom. The smallest absolute Gasteiger partial charge is 0.156 e. The fourth-order valence-corrected chi connectivity index (χ4v) is 4.70. The van der Waals surface area contributed by atoms with E-state index in [1.165, 1.54) is 28.8 Å². The summed E-state index contributed by atoms with van der Waals surface area (Å²) in [5.74, 6) is -0.588. The number of aryl methyl sites for hydroxylation is 3. The summed E-state index contributed by atoms with van der Waals surface area (Å²) in [4.78, 5) is 4.50. The molecule has 3 atom stereocenters. The lowest BCUT2D eigenvalue weighted by Gasteiger charge is -2.29. The second kappa shape index (κ2) is 10.5. The van der Waals surface area contributed by atoms with Crippen molar-refractivity contribution in [3.8, 4) is 0 Å². The predicted molar refractivity (Wildman–Crippen MR) is 124 cm³/mol. The molecule has 33 heavy (non-hydrogen) atoms. The molecule has 7 heteroatoms. The molecule has 5 nitrogen and oxygen atoms in total. The van der Waals surface area contributed by atoms with Gasteiger partial charge in [-0.3, -0.25) is 5.10 Å². The Labute approximate surface area is 193 Å². The molecular weight excluding hydrogens is 422 g/mol. The molecule has 0 radical (unpaired) electrons. The maximum Gasteiger partial charge on any atom is 0.156 e. The number of fused-ring (bicyclic) bond motifs is 1. The van der Waals surface area contributed by atoms with Crippen LogP contribution in [-0.4, -0.2) is 32.9 Å². The zero-order valence-electron chi connectivity index (χ0n) is 19.2. The molecule has 0 aliphatic heterocycles. The zero-order valence-corrected chi connectivity index (χ0v) is 19.2. The van der Waals surface area contributed by atoms with Crippen LogP contribution in [0.25, 0.3) is 0 Å². The van der Waals surface area contributed by atoms with Crippen molar-refractivity contribution in [2.24, 2.45) is 0 Å². The minimum atomic E-state index is -0.823. The molecule has 1 aliphatic carbocycles. The fraction of sp³-hybridized carbons (Fsp3) is 0.462. The number of hydrogen-bond donors (Lipinski definition) is 3. The van der Waals surface area contributed by atoms with Crippen molar-refractivity contribution in [3.63, 3.8) is 0 Å². The number of H-pyrrole nitrogens is 1. The summed E-state index contributed by atoms with van der Waals surface area (Å²) in [5, 5.41) is 21.9. The van der Waals surface area contributed by atoms with E-state index in [2.05, 4.69) is 45.6 Å². The Hall–Kier alpha value is -2.64. The number of aromatic amines is 1. The molecule has 0 fully saturated rings. The monoisotopic (exact) mass is 454 g/mol. The second-order valence-electron chi connectivity index (χ2n) is 8.89. The first-order chi connectivity index (χ1) is 16.0. The highest BCUT2D eigenvalue weighted by molar-refractivity contribution is 5.36. The van der Waals surface area contributed by atoms with Crippen molar-refractivity contribution in [2.75, 3.05) is 6.54 Å². The molecule has 0 saturated carbocycles. The number of halogens is 2. The van der Waals surface area contributed by atoms with Crippen LogP contribution in [0.5, 0.6) is 0 Å². The van der Waals surface area contributed by atoms with Crippen LogP contribution in [0.2, 0.25) is 0 Å². The first-order valence-electron chi connectivity index (χ1n) is 11.9. The highest BCUT2D eigenvalue weighted by Crippen LogP contribution is 2.31. The van der Waals surface area contributed by atoms with E-state index in [-0.39, 0.29) is 12.5 Å². The van der Waals surface area contributed by atoms with Crippen LogP contribution >= 0.6 is 0 Å². The average Bonchev–Trinajstić information content (AvgIpc) is 3.29. The Morgan fingerprint density at radius 2 is 1.88 bits per heavy atom. The van der Waals surface area contributed by atoms with Crippen molar-refractivity contribution in [2.45, 2.75) is 70.4 Å². The van der Waals surface area contributed by atoms with Gasteiger partial charge >= 0.3 is 0 Å². The molecule has 1 aliphatic rings.